The molecule has 0 aliphatic carbocycles. The van der Waals surface area contributed by atoms with Gasteiger partial charge in [0, 0.05) is 11.1 Å². The van der Waals surface area contributed by atoms with E-state index in [-0.39, 0.29) is 11.6 Å². The van der Waals surface area contributed by atoms with E-state index >= 15 is 0 Å². The minimum absolute atomic E-state index is 0.0797. The number of para-hydroxylation sites is 1. The van der Waals surface area contributed by atoms with E-state index in [1.54, 1.807) is 18.2 Å². The SMILES string of the molecule is C=C(C)COc1ccccc1C=C1N=C(c2cccc(F)c2)OC1=O. The number of carbonyl (C=O) groups is 1. The van der Waals surface area contributed by atoms with Crippen molar-refractivity contribution in [2.45, 2.75) is 6.92 Å². The molecule has 0 unspecified atom stereocenters. The van der Waals surface area contributed by atoms with Gasteiger partial charge >= 0.3 is 5.97 Å². The number of hydrogen-bond donors (Lipinski definition) is 0. The number of aliphatic imine (C=N–C) groups is 1. The molecule has 1 aliphatic rings. The van der Waals surface area contributed by atoms with Crippen LogP contribution in [0.1, 0.15) is 18.1 Å². The lowest BCUT2D eigenvalue weighted by molar-refractivity contribution is -0.129. The number of nitrogens with zero attached hydrogens (tertiary/aromatic N) is 1. The smallest absolute Gasteiger partial charge is 0.363 e. The van der Waals surface area contributed by atoms with Gasteiger partial charge in [0.25, 0.3) is 0 Å². The Labute approximate surface area is 144 Å². The number of halogens is 1. The van der Waals surface area contributed by atoms with Gasteiger partial charge in [0.2, 0.25) is 5.90 Å². The second kappa shape index (κ2) is 7.13. The van der Waals surface area contributed by atoms with E-state index in [9.17, 15) is 9.18 Å². The third kappa shape index (κ3) is 4.01. The van der Waals surface area contributed by atoms with E-state index in [2.05, 4.69) is 11.6 Å². The number of ether oxygens (including phenoxy) is 2. The Morgan fingerprint density at radius 1 is 1.28 bits per heavy atom. The average molecular weight is 337 g/mol. The van der Waals surface area contributed by atoms with Gasteiger partial charge in [0.15, 0.2) is 5.70 Å². The van der Waals surface area contributed by atoms with E-state index in [4.69, 9.17) is 9.47 Å². The van der Waals surface area contributed by atoms with Crippen molar-refractivity contribution in [3.8, 4) is 5.75 Å². The quantitative estimate of drug-likeness (QED) is 0.468. The molecule has 0 bridgehead atoms. The number of rotatable bonds is 5. The Morgan fingerprint density at radius 2 is 2.08 bits per heavy atom. The van der Waals surface area contributed by atoms with Gasteiger partial charge in [-0.25, -0.2) is 14.2 Å². The molecule has 0 aromatic heterocycles. The zero-order valence-electron chi connectivity index (χ0n) is 13.7. The molecule has 25 heavy (non-hydrogen) atoms. The molecule has 0 N–H and O–H groups in total. The van der Waals surface area contributed by atoms with Crippen LogP contribution in [0.25, 0.3) is 6.08 Å². The van der Waals surface area contributed by atoms with Crippen LogP contribution in [0.3, 0.4) is 0 Å². The van der Waals surface area contributed by atoms with Gasteiger partial charge in [-0.3, -0.25) is 0 Å². The second-order valence-corrected chi connectivity index (χ2v) is 5.63. The first-order chi connectivity index (χ1) is 12.0. The average Bonchev–Trinajstić information content (AvgIpc) is 2.95. The fourth-order valence-electron chi connectivity index (χ4n) is 2.23. The largest absolute Gasteiger partial charge is 0.489 e. The van der Waals surface area contributed by atoms with Crippen molar-refractivity contribution in [2.24, 2.45) is 4.99 Å². The van der Waals surface area contributed by atoms with E-state index < -0.39 is 11.8 Å². The molecule has 4 nitrogen and oxygen atoms in total. The molecular weight excluding hydrogens is 321 g/mol. The summed E-state index contributed by atoms with van der Waals surface area (Å²) < 4.78 is 24.2. The highest BCUT2D eigenvalue weighted by Crippen LogP contribution is 2.25. The van der Waals surface area contributed by atoms with Gasteiger partial charge in [0.1, 0.15) is 18.2 Å². The van der Waals surface area contributed by atoms with Crippen molar-refractivity contribution in [3.05, 3.63) is 83.3 Å². The van der Waals surface area contributed by atoms with Gasteiger partial charge in [-0.15, -0.1) is 0 Å². The summed E-state index contributed by atoms with van der Waals surface area (Å²) in [6.07, 6.45) is 1.59. The summed E-state index contributed by atoms with van der Waals surface area (Å²) in [6, 6.07) is 13.0. The molecule has 1 aliphatic heterocycles. The molecule has 2 aromatic carbocycles. The lowest BCUT2D eigenvalue weighted by atomic mass is 10.1. The fraction of sp³-hybridized carbons (Fsp3) is 0.100. The summed E-state index contributed by atoms with van der Waals surface area (Å²) in [6.45, 7) is 6.04. The number of cyclic esters (lactones) is 1. The van der Waals surface area contributed by atoms with Crippen LogP contribution in [0.2, 0.25) is 0 Å². The van der Waals surface area contributed by atoms with E-state index in [0.717, 1.165) is 5.57 Å². The molecule has 0 radical (unpaired) electrons. The van der Waals surface area contributed by atoms with Crippen molar-refractivity contribution >= 4 is 17.9 Å². The normalized spacial score (nSPS) is 15.0. The summed E-state index contributed by atoms with van der Waals surface area (Å²) in [5.41, 5.74) is 2.11. The zero-order valence-corrected chi connectivity index (χ0v) is 13.7. The Bertz CT molecular complexity index is 899. The van der Waals surface area contributed by atoms with Crippen LogP contribution >= 0.6 is 0 Å². The molecule has 5 heteroatoms. The van der Waals surface area contributed by atoms with Crippen molar-refractivity contribution in [3.63, 3.8) is 0 Å². The van der Waals surface area contributed by atoms with Crippen molar-refractivity contribution in [2.75, 3.05) is 6.61 Å². The number of hydrogen-bond acceptors (Lipinski definition) is 4. The van der Waals surface area contributed by atoms with Crippen LogP contribution in [0, 0.1) is 5.82 Å². The number of carbonyl (C=O) groups excluding carboxylic acids is 1. The first kappa shape index (κ1) is 16.6. The van der Waals surface area contributed by atoms with Gasteiger partial charge in [-0.2, -0.15) is 0 Å². The van der Waals surface area contributed by atoms with Gasteiger partial charge in [-0.1, -0.05) is 30.8 Å². The number of esters is 1. The molecule has 3 rings (SSSR count). The maximum atomic E-state index is 13.3. The molecule has 2 aromatic rings. The van der Waals surface area contributed by atoms with Crippen molar-refractivity contribution < 1.29 is 18.7 Å². The fourth-order valence-corrected chi connectivity index (χ4v) is 2.23. The lowest BCUT2D eigenvalue weighted by Crippen LogP contribution is -2.05. The minimum atomic E-state index is -0.589. The Kier molecular flexibility index (Phi) is 4.75. The molecular formula is C20H16FNO3. The summed E-state index contributed by atoms with van der Waals surface area (Å²) in [5.74, 6) is -0.322. The minimum Gasteiger partial charge on any atom is -0.489 e. The second-order valence-electron chi connectivity index (χ2n) is 5.63. The monoisotopic (exact) mass is 337 g/mol. The van der Waals surface area contributed by atoms with E-state index in [1.807, 2.05) is 25.1 Å². The maximum Gasteiger partial charge on any atom is 0.363 e. The Hall–Kier alpha value is -3.21. The van der Waals surface area contributed by atoms with Crippen LogP contribution in [-0.2, 0) is 9.53 Å². The summed E-state index contributed by atoms with van der Waals surface area (Å²) in [4.78, 5) is 16.2. The van der Waals surface area contributed by atoms with E-state index in [0.29, 0.717) is 23.5 Å². The maximum absolute atomic E-state index is 13.3. The molecule has 0 spiro atoms. The van der Waals surface area contributed by atoms with Crippen LogP contribution in [0.5, 0.6) is 5.75 Å². The van der Waals surface area contributed by atoms with Gasteiger partial charge in [-0.05, 0) is 42.8 Å². The lowest BCUT2D eigenvalue weighted by Gasteiger charge is -2.08. The third-order valence-electron chi connectivity index (χ3n) is 3.38. The molecule has 0 amide bonds. The Balaban J connectivity index is 1.91. The first-order valence-electron chi connectivity index (χ1n) is 7.67. The standard InChI is InChI=1S/C20H16FNO3/c1-13(2)12-24-18-9-4-3-6-14(18)11-17-20(23)25-19(22-17)15-7-5-8-16(21)10-15/h3-11H,1,12H2,2H3. The molecule has 0 fully saturated rings. The highest BCUT2D eigenvalue weighted by atomic mass is 19.1. The number of benzene rings is 2. The van der Waals surface area contributed by atoms with Crippen molar-refractivity contribution in [1.82, 2.24) is 0 Å². The highest BCUT2D eigenvalue weighted by Gasteiger charge is 2.24. The molecule has 126 valence electrons. The predicted molar refractivity (Wildman–Crippen MR) is 93.8 cm³/mol. The topological polar surface area (TPSA) is 47.9 Å². The third-order valence-corrected chi connectivity index (χ3v) is 3.38. The predicted octanol–water partition coefficient (Wildman–Crippen LogP) is 4.13. The summed E-state index contributed by atoms with van der Waals surface area (Å²) >= 11 is 0. The van der Waals surface area contributed by atoms with Gasteiger partial charge in [0.05, 0.1) is 0 Å². The van der Waals surface area contributed by atoms with Crippen LogP contribution in [0.15, 0.2) is 71.4 Å². The molecule has 0 saturated heterocycles. The summed E-state index contributed by atoms with van der Waals surface area (Å²) in [7, 11) is 0. The van der Waals surface area contributed by atoms with Crippen LogP contribution in [0.4, 0.5) is 4.39 Å². The van der Waals surface area contributed by atoms with Crippen LogP contribution < -0.4 is 4.74 Å². The molecule has 0 atom stereocenters. The van der Waals surface area contributed by atoms with Gasteiger partial charge < -0.3 is 9.47 Å². The molecule has 1 heterocycles. The molecule has 0 saturated carbocycles. The summed E-state index contributed by atoms with van der Waals surface area (Å²) in [5, 5.41) is 0. The highest BCUT2D eigenvalue weighted by molar-refractivity contribution is 6.12. The zero-order chi connectivity index (χ0) is 17.8. The van der Waals surface area contributed by atoms with E-state index in [1.165, 1.54) is 18.2 Å². The van der Waals surface area contributed by atoms with Crippen molar-refractivity contribution in [1.29, 1.82) is 0 Å². The first-order valence-corrected chi connectivity index (χ1v) is 7.67. The van der Waals surface area contributed by atoms with Crippen LogP contribution in [-0.4, -0.2) is 18.5 Å². The Morgan fingerprint density at radius 3 is 2.84 bits per heavy atom.